The Balaban J connectivity index is 3.45. The second-order valence-electron chi connectivity index (χ2n) is 4.19. The number of nitrogens with one attached hydrogen (secondary N) is 1. The van der Waals surface area contributed by atoms with Crippen molar-refractivity contribution in [3.05, 3.63) is 27.4 Å². The van der Waals surface area contributed by atoms with Gasteiger partial charge in [-0.25, -0.2) is 4.79 Å². The molecule has 10 heteroatoms. The minimum Gasteiger partial charge on any atom is -0.459 e. The van der Waals surface area contributed by atoms with Gasteiger partial charge in [0.15, 0.2) is 0 Å². The van der Waals surface area contributed by atoms with Crippen molar-refractivity contribution in [2.45, 2.75) is 6.10 Å². The predicted molar refractivity (Wildman–Crippen MR) is 106 cm³/mol. The van der Waals surface area contributed by atoms with Crippen LogP contribution in [-0.4, -0.2) is 48.5 Å². The number of hydrogen-bond acceptors (Lipinski definition) is 6. The van der Waals surface area contributed by atoms with Crippen molar-refractivity contribution in [1.82, 2.24) is 5.32 Å². The fourth-order valence-corrected chi connectivity index (χ4v) is 5.90. The zero-order valence-corrected chi connectivity index (χ0v) is 18.2. The third-order valence-electron chi connectivity index (χ3n) is 2.70. The van der Waals surface area contributed by atoms with E-state index in [0.29, 0.717) is 10.7 Å². The SMILES string of the molecule is CNC(=O)c1c(I)c(C#N)c(I)c(C(=O)OCC(O)CO)c1I. The molecule has 23 heavy (non-hydrogen) atoms. The van der Waals surface area contributed by atoms with Crippen molar-refractivity contribution in [2.75, 3.05) is 20.3 Å². The summed E-state index contributed by atoms with van der Waals surface area (Å²) in [6.45, 7) is -0.925. The molecule has 1 aromatic carbocycles. The topological polar surface area (TPSA) is 120 Å². The minimum atomic E-state index is -1.19. The van der Waals surface area contributed by atoms with Gasteiger partial charge < -0.3 is 20.3 Å². The Morgan fingerprint density at radius 3 is 2.30 bits per heavy atom. The molecule has 1 aromatic rings. The number of esters is 1. The predicted octanol–water partition coefficient (Wildman–Crippen LogP) is 1.24. The highest BCUT2D eigenvalue weighted by Crippen LogP contribution is 2.32. The summed E-state index contributed by atoms with van der Waals surface area (Å²) in [4.78, 5) is 24.3. The molecule has 3 N–H and O–H groups in total. The highest BCUT2D eigenvalue weighted by atomic mass is 127. The number of nitriles is 1. The maximum absolute atomic E-state index is 12.3. The van der Waals surface area contributed by atoms with E-state index in [2.05, 4.69) is 5.32 Å². The maximum atomic E-state index is 12.3. The number of amides is 1. The number of benzene rings is 1. The van der Waals surface area contributed by atoms with Gasteiger partial charge in [-0.05, 0) is 67.8 Å². The molecule has 0 aromatic heterocycles. The summed E-state index contributed by atoms with van der Waals surface area (Å²) in [5, 5.41) is 29.8. The maximum Gasteiger partial charge on any atom is 0.340 e. The van der Waals surface area contributed by atoms with E-state index >= 15 is 0 Å². The van der Waals surface area contributed by atoms with Gasteiger partial charge in [-0.1, -0.05) is 0 Å². The van der Waals surface area contributed by atoms with Crippen LogP contribution in [0, 0.1) is 22.0 Å². The number of halogens is 3. The lowest BCUT2D eigenvalue weighted by molar-refractivity contribution is 0.00916. The molecule has 0 aliphatic rings. The molecule has 0 aliphatic heterocycles. The molecule has 1 rings (SSSR count). The number of aliphatic hydroxyl groups excluding tert-OH is 2. The number of aliphatic hydroxyl groups is 2. The molecule has 0 bridgehead atoms. The molecule has 0 heterocycles. The van der Waals surface area contributed by atoms with Crippen LogP contribution in [0.4, 0.5) is 0 Å². The minimum absolute atomic E-state index is 0.0897. The molecule has 0 saturated heterocycles. The van der Waals surface area contributed by atoms with Crippen LogP contribution in [0.15, 0.2) is 0 Å². The van der Waals surface area contributed by atoms with Crippen LogP contribution >= 0.6 is 67.8 Å². The fourth-order valence-electron chi connectivity index (χ4n) is 1.56. The number of carbonyl (C=O) groups excluding carboxylic acids is 2. The van der Waals surface area contributed by atoms with Crippen LogP contribution < -0.4 is 5.32 Å². The lowest BCUT2D eigenvalue weighted by atomic mass is 10.1. The lowest BCUT2D eigenvalue weighted by Crippen LogP contribution is -2.26. The highest BCUT2D eigenvalue weighted by molar-refractivity contribution is 14.1. The molecule has 0 fully saturated rings. The van der Waals surface area contributed by atoms with Crippen LogP contribution in [0.25, 0.3) is 0 Å². The Labute approximate surface area is 173 Å². The van der Waals surface area contributed by atoms with Crippen LogP contribution in [0.3, 0.4) is 0 Å². The Bertz CT molecular complexity index is 687. The van der Waals surface area contributed by atoms with E-state index in [4.69, 9.17) is 9.84 Å². The monoisotopic (exact) mass is 656 g/mol. The van der Waals surface area contributed by atoms with E-state index in [1.54, 1.807) is 0 Å². The van der Waals surface area contributed by atoms with E-state index in [-0.39, 0.29) is 23.3 Å². The first kappa shape index (κ1) is 20.8. The van der Waals surface area contributed by atoms with E-state index in [0.717, 1.165) is 0 Å². The molecule has 1 amide bonds. The average molecular weight is 656 g/mol. The number of ether oxygens (including phenoxy) is 1. The van der Waals surface area contributed by atoms with Crippen molar-refractivity contribution in [2.24, 2.45) is 0 Å². The molecule has 0 radical (unpaired) electrons. The van der Waals surface area contributed by atoms with Crippen molar-refractivity contribution in [1.29, 1.82) is 5.26 Å². The number of nitrogens with zero attached hydrogens (tertiary/aromatic N) is 1. The van der Waals surface area contributed by atoms with Gasteiger partial charge >= 0.3 is 5.97 Å². The zero-order chi connectivity index (χ0) is 17.7. The van der Waals surface area contributed by atoms with Crippen molar-refractivity contribution < 1.29 is 24.5 Å². The first-order valence-corrected chi connectivity index (χ1v) is 9.32. The van der Waals surface area contributed by atoms with Gasteiger partial charge in [0, 0.05) is 17.8 Å². The van der Waals surface area contributed by atoms with Crippen LogP contribution in [0.1, 0.15) is 26.3 Å². The Hall–Kier alpha value is -0.240. The highest BCUT2D eigenvalue weighted by Gasteiger charge is 2.28. The molecule has 124 valence electrons. The van der Waals surface area contributed by atoms with E-state index in [1.165, 1.54) is 7.05 Å². The van der Waals surface area contributed by atoms with Gasteiger partial charge in [0.25, 0.3) is 5.91 Å². The largest absolute Gasteiger partial charge is 0.459 e. The van der Waals surface area contributed by atoms with Crippen LogP contribution in [0.5, 0.6) is 0 Å². The summed E-state index contributed by atoms with van der Waals surface area (Å²) in [6, 6.07) is 1.99. The number of carbonyl (C=O) groups is 2. The van der Waals surface area contributed by atoms with Crippen molar-refractivity contribution >= 4 is 79.6 Å². The molecular weight excluding hydrogens is 645 g/mol. The average Bonchev–Trinajstić information content (AvgIpc) is 2.52. The van der Waals surface area contributed by atoms with Gasteiger partial charge in [-0.15, -0.1) is 0 Å². The Kier molecular flexibility index (Phi) is 8.41. The number of hydrogen-bond donors (Lipinski definition) is 3. The quantitative estimate of drug-likeness (QED) is 0.325. The van der Waals surface area contributed by atoms with Crippen molar-refractivity contribution in [3.63, 3.8) is 0 Å². The Morgan fingerprint density at radius 1 is 1.26 bits per heavy atom. The summed E-state index contributed by atoms with van der Waals surface area (Å²) < 4.78 is 6.13. The molecule has 7 nitrogen and oxygen atoms in total. The van der Waals surface area contributed by atoms with Crippen LogP contribution in [-0.2, 0) is 4.74 Å². The van der Waals surface area contributed by atoms with E-state index < -0.39 is 24.6 Å². The lowest BCUT2D eigenvalue weighted by Gasteiger charge is -2.16. The second-order valence-corrected chi connectivity index (χ2v) is 7.43. The fraction of sp³-hybridized carbons (Fsp3) is 0.308. The van der Waals surface area contributed by atoms with E-state index in [9.17, 15) is 20.0 Å². The molecule has 1 unspecified atom stereocenters. The van der Waals surface area contributed by atoms with Gasteiger partial charge in [0.1, 0.15) is 18.8 Å². The van der Waals surface area contributed by atoms with Crippen molar-refractivity contribution in [3.8, 4) is 6.07 Å². The molecule has 0 spiro atoms. The molecular formula is C13H11I3N2O5. The van der Waals surface area contributed by atoms with Gasteiger partial charge in [-0.2, -0.15) is 5.26 Å². The summed E-state index contributed by atoms with van der Waals surface area (Å²) in [5.41, 5.74) is 0.520. The first-order chi connectivity index (χ1) is 10.8. The second kappa shape index (κ2) is 9.30. The molecule has 1 atom stereocenters. The summed E-state index contributed by atoms with van der Waals surface area (Å²) in [6.07, 6.45) is -1.19. The van der Waals surface area contributed by atoms with Gasteiger partial charge in [-0.3, -0.25) is 4.79 Å². The smallest absolute Gasteiger partial charge is 0.340 e. The third kappa shape index (κ3) is 4.65. The normalized spacial score (nSPS) is 11.5. The summed E-state index contributed by atoms with van der Waals surface area (Å²) in [5.74, 6) is -1.19. The van der Waals surface area contributed by atoms with Gasteiger partial charge in [0.2, 0.25) is 0 Å². The van der Waals surface area contributed by atoms with E-state index in [1.807, 2.05) is 73.8 Å². The van der Waals surface area contributed by atoms with Crippen LogP contribution in [0.2, 0.25) is 0 Å². The standard InChI is InChI=1S/C13H11I3N2O5/c1-18-12(21)7-9(14)6(2-17)10(15)8(11(7)16)13(22)23-4-5(20)3-19/h5,19-20H,3-4H2,1H3,(H,18,21). The third-order valence-corrected chi connectivity index (χ3v) is 5.94. The first-order valence-electron chi connectivity index (χ1n) is 6.08. The Morgan fingerprint density at radius 2 is 1.83 bits per heavy atom. The summed E-state index contributed by atoms with van der Waals surface area (Å²) in [7, 11) is 1.45. The zero-order valence-electron chi connectivity index (χ0n) is 11.7. The summed E-state index contributed by atoms with van der Waals surface area (Å²) >= 11 is 5.59. The molecule has 0 aliphatic carbocycles. The van der Waals surface area contributed by atoms with Gasteiger partial charge in [0.05, 0.1) is 23.3 Å². The molecule has 0 saturated carbocycles. The number of rotatable bonds is 5.